The first-order valence-electron chi connectivity index (χ1n) is 29.4. The lowest BCUT2D eigenvalue weighted by atomic mass is 10.0. The van der Waals surface area contributed by atoms with Crippen LogP contribution < -0.4 is 0 Å². The number of carbonyl (C=O) groups is 1. The maximum Gasteiger partial charge on any atom is 0.472 e. The number of carbonyl (C=O) groups excluding carboxylic acids is 1. The molecule has 0 aliphatic heterocycles. The molecule has 406 valence electrons. The lowest BCUT2D eigenvalue weighted by Gasteiger charge is -2.24. The summed E-state index contributed by atoms with van der Waals surface area (Å²) in [6.45, 7) is 5.64. The second-order valence-corrected chi connectivity index (χ2v) is 22.5. The number of phosphoric acid groups is 1. The van der Waals surface area contributed by atoms with Gasteiger partial charge >= 0.3 is 13.8 Å². The van der Waals surface area contributed by atoms with Crippen molar-refractivity contribution in [1.29, 1.82) is 0 Å². The Morgan fingerprint density at radius 3 is 1.17 bits per heavy atom. The van der Waals surface area contributed by atoms with Crippen LogP contribution >= 0.6 is 7.82 Å². The van der Waals surface area contributed by atoms with Crippen LogP contribution in [0.2, 0.25) is 0 Å². The summed E-state index contributed by atoms with van der Waals surface area (Å²) in [5.74, 6) is -0.315. The molecule has 0 amide bonds. The summed E-state index contributed by atoms with van der Waals surface area (Å²) < 4.78 is 35.3. The van der Waals surface area contributed by atoms with Crippen molar-refractivity contribution in [3.8, 4) is 0 Å². The van der Waals surface area contributed by atoms with Gasteiger partial charge in [-0.3, -0.25) is 13.8 Å². The maximum atomic E-state index is 12.8. The molecule has 0 aliphatic carbocycles. The Morgan fingerprint density at radius 1 is 0.449 bits per heavy atom. The van der Waals surface area contributed by atoms with Crippen LogP contribution in [-0.4, -0.2) is 75.6 Å². The minimum absolute atomic E-state index is 0.0876. The third-order valence-electron chi connectivity index (χ3n) is 12.9. The number of hydrogen-bond donors (Lipinski definition) is 1. The maximum absolute atomic E-state index is 12.8. The van der Waals surface area contributed by atoms with Crippen molar-refractivity contribution < 1.29 is 37.3 Å². The Hall–Kier alpha value is -1.54. The Labute approximate surface area is 428 Å². The van der Waals surface area contributed by atoms with Gasteiger partial charge < -0.3 is 18.9 Å². The van der Waals surface area contributed by atoms with Crippen LogP contribution in [0.1, 0.15) is 271 Å². The van der Waals surface area contributed by atoms with Crippen molar-refractivity contribution in [1.82, 2.24) is 0 Å². The normalized spacial score (nSPS) is 13.8. The molecule has 0 heterocycles. The smallest absolute Gasteiger partial charge is 0.457 e. The second-order valence-electron chi connectivity index (χ2n) is 21.0. The molecule has 0 saturated heterocycles. The Balaban J connectivity index is 4.05. The van der Waals surface area contributed by atoms with E-state index < -0.39 is 13.9 Å². The van der Waals surface area contributed by atoms with Gasteiger partial charge in [0.25, 0.3) is 0 Å². The van der Waals surface area contributed by atoms with Gasteiger partial charge in [-0.1, -0.05) is 236 Å². The number of likely N-dealkylation sites (N-methyl/N-ethyl adjacent to an activating group) is 1. The molecule has 0 rings (SSSR count). The highest BCUT2D eigenvalue weighted by Gasteiger charge is 2.26. The molecule has 9 heteroatoms. The summed E-state index contributed by atoms with van der Waals surface area (Å²) in [7, 11) is 1.67. The molecule has 0 spiro atoms. The fourth-order valence-electron chi connectivity index (χ4n) is 8.32. The third-order valence-corrected chi connectivity index (χ3v) is 13.8. The molecule has 0 aliphatic rings. The lowest BCUT2D eigenvalue weighted by molar-refractivity contribution is -0.870. The predicted molar refractivity (Wildman–Crippen MR) is 298 cm³/mol. The highest BCUT2D eigenvalue weighted by Crippen LogP contribution is 2.43. The summed E-state index contributed by atoms with van der Waals surface area (Å²) in [6, 6.07) is 0. The van der Waals surface area contributed by atoms with E-state index in [1.807, 2.05) is 21.1 Å². The zero-order valence-electron chi connectivity index (χ0n) is 46.3. The first-order chi connectivity index (χ1) is 33.6. The Kier molecular flexibility index (Phi) is 51.6. The average molecular weight is 994 g/mol. The van der Waals surface area contributed by atoms with Gasteiger partial charge in [-0.05, 0) is 77.0 Å². The molecule has 2 atom stereocenters. The number of ether oxygens (including phenoxy) is 2. The van der Waals surface area contributed by atoms with E-state index in [-0.39, 0.29) is 25.8 Å². The molecule has 8 nitrogen and oxygen atoms in total. The highest BCUT2D eigenvalue weighted by atomic mass is 31.2. The number of phosphoric ester groups is 1. The van der Waals surface area contributed by atoms with Gasteiger partial charge in [0.2, 0.25) is 0 Å². The van der Waals surface area contributed by atoms with Crippen LogP contribution in [0.25, 0.3) is 0 Å². The number of rotatable bonds is 55. The molecule has 0 radical (unpaired) electrons. The lowest BCUT2D eigenvalue weighted by Crippen LogP contribution is -2.37. The van der Waals surface area contributed by atoms with Crippen LogP contribution in [0.15, 0.2) is 48.6 Å². The summed E-state index contributed by atoms with van der Waals surface area (Å²) >= 11 is 0. The van der Waals surface area contributed by atoms with Crippen molar-refractivity contribution in [2.75, 3.05) is 54.1 Å². The monoisotopic (exact) mass is 993 g/mol. The zero-order chi connectivity index (χ0) is 50.5. The van der Waals surface area contributed by atoms with Crippen LogP contribution in [-0.2, 0) is 27.9 Å². The Bertz CT molecular complexity index is 1240. The number of allylic oxidation sites excluding steroid dienone is 8. The standard InChI is InChI=1S/C60H114NO7P/c1-6-8-10-12-14-16-18-20-22-24-26-28-29-30-31-32-34-36-38-40-42-44-46-48-50-52-55-65-57-59(58-67-69(63,64)66-56-54-61(3,4)5)68-60(62)53-51-49-47-45-43-41-39-37-35-33-27-25-23-21-19-17-15-13-11-9-7-2/h18-21,24-27,59H,6-17,22-23,28-58H2,1-5H3/p+1/b20-18-,21-19-,26-24-,27-25-. The van der Waals surface area contributed by atoms with Crippen LogP contribution in [0.5, 0.6) is 0 Å². The minimum Gasteiger partial charge on any atom is -0.457 e. The predicted octanol–water partition coefficient (Wildman–Crippen LogP) is 18.6. The molecule has 0 aromatic rings. The topological polar surface area (TPSA) is 91.3 Å². The summed E-state index contributed by atoms with van der Waals surface area (Å²) in [4.78, 5) is 23.1. The van der Waals surface area contributed by atoms with Crippen LogP contribution in [0.4, 0.5) is 0 Å². The largest absolute Gasteiger partial charge is 0.472 e. The number of unbranched alkanes of at least 4 members (excludes halogenated alkanes) is 33. The van der Waals surface area contributed by atoms with Crippen LogP contribution in [0, 0.1) is 0 Å². The molecular formula is C60H115NO7P+. The molecule has 69 heavy (non-hydrogen) atoms. The van der Waals surface area contributed by atoms with Crippen molar-refractivity contribution in [2.24, 2.45) is 0 Å². The fourth-order valence-corrected chi connectivity index (χ4v) is 9.06. The van der Waals surface area contributed by atoms with E-state index in [0.29, 0.717) is 24.1 Å². The van der Waals surface area contributed by atoms with Crippen molar-refractivity contribution in [3.05, 3.63) is 48.6 Å². The van der Waals surface area contributed by atoms with Crippen molar-refractivity contribution in [3.63, 3.8) is 0 Å². The number of quaternary nitrogens is 1. The SMILES string of the molecule is CCCCCCC/C=C\C/C=C\CCCCCCCCCCCCCCCCOCC(COP(=O)(O)OCC[N+](C)(C)C)OC(=O)CCCCCCCCCCC/C=C\C/C=C\CCCCCCC. The molecule has 0 fully saturated rings. The summed E-state index contributed by atoms with van der Waals surface area (Å²) in [5.41, 5.74) is 0. The number of esters is 1. The van der Waals surface area contributed by atoms with E-state index in [2.05, 4.69) is 62.5 Å². The van der Waals surface area contributed by atoms with Gasteiger partial charge in [0.1, 0.15) is 19.3 Å². The summed E-state index contributed by atoms with van der Waals surface area (Å²) in [6.07, 6.45) is 67.4. The molecule has 0 aromatic heterocycles. The quantitative estimate of drug-likeness (QED) is 0.0213. The molecule has 2 unspecified atom stereocenters. The van der Waals surface area contributed by atoms with E-state index >= 15 is 0 Å². The number of nitrogens with zero attached hydrogens (tertiary/aromatic N) is 1. The highest BCUT2D eigenvalue weighted by molar-refractivity contribution is 7.47. The molecular weight excluding hydrogens is 878 g/mol. The Morgan fingerprint density at radius 2 is 0.797 bits per heavy atom. The fraction of sp³-hybridized carbons (Fsp3) is 0.850. The van der Waals surface area contributed by atoms with Crippen molar-refractivity contribution in [2.45, 2.75) is 277 Å². The molecule has 0 bridgehead atoms. The van der Waals surface area contributed by atoms with E-state index in [9.17, 15) is 14.3 Å². The van der Waals surface area contributed by atoms with E-state index in [1.54, 1.807) is 0 Å². The van der Waals surface area contributed by atoms with E-state index in [4.69, 9.17) is 18.5 Å². The first kappa shape index (κ1) is 67.5. The molecule has 1 N–H and O–H groups in total. The van der Waals surface area contributed by atoms with Crippen molar-refractivity contribution >= 4 is 13.8 Å². The van der Waals surface area contributed by atoms with Gasteiger partial charge in [-0.2, -0.15) is 0 Å². The van der Waals surface area contributed by atoms with Gasteiger partial charge in [0.05, 0.1) is 34.4 Å². The average Bonchev–Trinajstić information content (AvgIpc) is 3.31. The van der Waals surface area contributed by atoms with Gasteiger partial charge in [0, 0.05) is 13.0 Å². The van der Waals surface area contributed by atoms with Gasteiger partial charge in [-0.25, -0.2) is 4.57 Å². The summed E-state index contributed by atoms with van der Waals surface area (Å²) in [5, 5.41) is 0. The second kappa shape index (κ2) is 52.8. The zero-order valence-corrected chi connectivity index (χ0v) is 47.2. The van der Waals surface area contributed by atoms with Crippen LogP contribution in [0.3, 0.4) is 0 Å². The van der Waals surface area contributed by atoms with Gasteiger partial charge in [-0.15, -0.1) is 0 Å². The minimum atomic E-state index is -4.29. The molecule has 0 aromatic carbocycles. The van der Waals surface area contributed by atoms with Gasteiger partial charge in [0.15, 0.2) is 0 Å². The first-order valence-corrected chi connectivity index (χ1v) is 30.9. The third kappa shape index (κ3) is 57.2. The molecule has 0 saturated carbocycles. The van der Waals surface area contributed by atoms with E-state index in [1.165, 1.54) is 205 Å². The van der Waals surface area contributed by atoms with E-state index in [0.717, 1.165) is 44.9 Å². The number of hydrogen-bond acceptors (Lipinski definition) is 6.